The lowest BCUT2D eigenvalue weighted by atomic mass is 9.99. The van der Waals surface area contributed by atoms with E-state index < -0.39 is 0 Å². The van der Waals surface area contributed by atoms with Gasteiger partial charge in [0.05, 0.1) is 0 Å². The van der Waals surface area contributed by atoms with Crippen molar-refractivity contribution in [1.29, 1.82) is 0 Å². The summed E-state index contributed by atoms with van der Waals surface area (Å²) >= 11 is 0. The molecule has 0 amide bonds. The van der Waals surface area contributed by atoms with E-state index in [0.29, 0.717) is 0 Å². The van der Waals surface area contributed by atoms with Gasteiger partial charge in [-0.25, -0.2) is 0 Å². The van der Waals surface area contributed by atoms with E-state index in [-0.39, 0.29) is 0 Å². The lowest BCUT2D eigenvalue weighted by molar-refractivity contribution is 0.940. The minimum atomic E-state index is 0.870. The normalized spacial score (nSPS) is 18.9. The van der Waals surface area contributed by atoms with Crippen LogP contribution >= 0.6 is 0 Å². The van der Waals surface area contributed by atoms with Crippen molar-refractivity contribution in [2.75, 3.05) is 0 Å². The van der Waals surface area contributed by atoms with Gasteiger partial charge in [0, 0.05) is 10.2 Å². The predicted molar refractivity (Wildman–Crippen MR) is 68.9 cm³/mol. The third kappa shape index (κ3) is 1.74. The second-order valence-electron chi connectivity index (χ2n) is 4.14. The average molecular weight is 208 g/mol. The summed E-state index contributed by atoms with van der Waals surface area (Å²) in [7, 11) is 1.31. The van der Waals surface area contributed by atoms with Crippen molar-refractivity contribution < 1.29 is 0 Å². The second-order valence-corrected chi connectivity index (χ2v) is 5.30. The first kappa shape index (κ1) is 11.8. The highest BCUT2D eigenvalue weighted by Crippen LogP contribution is 2.44. The fraction of sp³-hybridized carbons (Fsp3) is 0.692. The lowest BCUT2D eigenvalue weighted by Gasteiger charge is -2.12. The maximum absolute atomic E-state index is 2.32. The summed E-state index contributed by atoms with van der Waals surface area (Å²) in [6.45, 7) is 9.27. The summed E-state index contributed by atoms with van der Waals surface area (Å²) in [6, 6.07) is 0. The summed E-state index contributed by atoms with van der Waals surface area (Å²) in [5, 5.41) is 0. The van der Waals surface area contributed by atoms with Crippen molar-refractivity contribution >= 4 is 10.2 Å². The first-order valence-electron chi connectivity index (χ1n) is 6.15. The number of hydrogen-bond acceptors (Lipinski definition) is 0. The van der Waals surface area contributed by atoms with E-state index >= 15 is 0 Å². The Morgan fingerprint density at radius 3 is 1.36 bits per heavy atom. The van der Waals surface area contributed by atoms with E-state index in [9.17, 15) is 0 Å². The highest BCUT2D eigenvalue weighted by atomic mass is 28.1. The molecule has 0 heterocycles. The smallest absolute Gasteiger partial charge is 0.0170 e. The Morgan fingerprint density at radius 1 is 0.786 bits per heavy atom. The van der Waals surface area contributed by atoms with Crippen molar-refractivity contribution in [3.8, 4) is 0 Å². The average Bonchev–Trinajstić information content (AvgIpc) is 2.48. The van der Waals surface area contributed by atoms with Crippen molar-refractivity contribution in [3.05, 3.63) is 22.3 Å². The van der Waals surface area contributed by atoms with Gasteiger partial charge in [-0.1, -0.05) is 38.8 Å². The third-order valence-corrected chi connectivity index (χ3v) is 5.05. The molecule has 0 N–H and O–H groups in total. The van der Waals surface area contributed by atoms with E-state index in [4.69, 9.17) is 0 Å². The molecule has 0 radical (unpaired) electrons. The lowest BCUT2D eigenvalue weighted by Crippen LogP contribution is -1.96. The molecule has 1 aliphatic rings. The van der Waals surface area contributed by atoms with Crippen molar-refractivity contribution in [2.24, 2.45) is 0 Å². The van der Waals surface area contributed by atoms with Crippen molar-refractivity contribution in [3.63, 3.8) is 0 Å². The molecule has 0 atom stereocenters. The quantitative estimate of drug-likeness (QED) is 0.621. The van der Waals surface area contributed by atoms with Crippen LogP contribution in [0.25, 0.3) is 0 Å². The molecule has 80 valence electrons. The predicted octanol–water partition coefficient (Wildman–Crippen LogP) is 3.39. The number of allylic oxidation sites excluding steroid dienone is 4. The van der Waals surface area contributed by atoms with E-state index in [1.54, 1.807) is 22.3 Å². The number of hydrogen-bond donors (Lipinski definition) is 0. The van der Waals surface area contributed by atoms with Gasteiger partial charge in [0.2, 0.25) is 0 Å². The Morgan fingerprint density at radius 2 is 1.14 bits per heavy atom. The largest absolute Gasteiger partial charge is 0.0636 e. The van der Waals surface area contributed by atoms with Gasteiger partial charge in [-0.3, -0.25) is 0 Å². The van der Waals surface area contributed by atoms with Gasteiger partial charge in [-0.05, 0) is 42.4 Å². The molecule has 1 rings (SSSR count). The van der Waals surface area contributed by atoms with Crippen LogP contribution in [0.2, 0.25) is 5.54 Å². The zero-order valence-corrected chi connectivity index (χ0v) is 12.4. The van der Waals surface area contributed by atoms with Gasteiger partial charge in [0.1, 0.15) is 0 Å². The fourth-order valence-electron chi connectivity index (χ4n) is 3.04. The summed E-state index contributed by atoms with van der Waals surface area (Å²) in [5.41, 5.74) is 7.84. The summed E-state index contributed by atoms with van der Waals surface area (Å²) < 4.78 is 0. The Hall–Kier alpha value is -0.303. The SMILES string of the molecule is CCC1=C(CC)C([SiH3])C(CC)=C1CC. The Labute approximate surface area is 91.9 Å². The van der Waals surface area contributed by atoms with Crippen LogP contribution in [0.3, 0.4) is 0 Å². The van der Waals surface area contributed by atoms with Gasteiger partial charge >= 0.3 is 0 Å². The van der Waals surface area contributed by atoms with Gasteiger partial charge in [-0.2, -0.15) is 0 Å². The van der Waals surface area contributed by atoms with E-state index in [1.165, 1.54) is 35.9 Å². The Balaban J connectivity index is 3.13. The zero-order chi connectivity index (χ0) is 10.7. The monoisotopic (exact) mass is 208 g/mol. The molecular weight excluding hydrogens is 184 g/mol. The molecule has 0 aromatic rings. The Bertz CT molecular complexity index is 243. The highest BCUT2D eigenvalue weighted by molar-refractivity contribution is 6.16. The molecule has 1 heteroatoms. The van der Waals surface area contributed by atoms with E-state index in [1.807, 2.05) is 0 Å². The van der Waals surface area contributed by atoms with Crippen LogP contribution in [0, 0.1) is 0 Å². The van der Waals surface area contributed by atoms with Crippen LogP contribution in [0.4, 0.5) is 0 Å². The van der Waals surface area contributed by atoms with Crippen LogP contribution in [0.15, 0.2) is 22.3 Å². The summed E-state index contributed by atoms with van der Waals surface area (Å²) in [5.74, 6) is 0. The van der Waals surface area contributed by atoms with Crippen LogP contribution in [0.5, 0.6) is 0 Å². The fourth-order valence-corrected chi connectivity index (χ4v) is 4.55. The van der Waals surface area contributed by atoms with Gasteiger partial charge < -0.3 is 0 Å². The maximum atomic E-state index is 2.32. The second kappa shape index (κ2) is 4.97. The van der Waals surface area contributed by atoms with Crippen LogP contribution in [-0.2, 0) is 0 Å². The molecule has 0 nitrogen and oxygen atoms in total. The zero-order valence-electron chi connectivity index (χ0n) is 10.4. The maximum Gasteiger partial charge on any atom is 0.0170 e. The Kier molecular flexibility index (Phi) is 4.18. The summed E-state index contributed by atoms with van der Waals surface area (Å²) in [4.78, 5) is 0. The molecule has 14 heavy (non-hydrogen) atoms. The first-order valence-corrected chi connectivity index (χ1v) is 7.30. The van der Waals surface area contributed by atoms with E-state index in [2.05, 4.69) is 27.7 Å². The minimum Gasteiger partial charge on any atom is -0.0636 e. The van der Waals surface area contributed by atoms with Gasteiger partial charge in [-0.15, -0.1) is 0 Å². The van der Waals surface area contributed by atoms with E-state index in [0.717, 1.165) is 5.54 Å². The highest BCUT2D eigenvalue weighted by Gasteiger charge is 2.25. The topological polar surface area (TPSA) is 0 Å². The summed E-state index contributed by atoms with van der Waals surface area (Å²) in [6.07, 6.45) is 5.03. The molecule has 0 bridgehead atoms. The molecule has 0 unspecified atom stereocenters. The molecule has 0 aromatic carbocycles. The number of rotatable bonds is 4. The van der Waals surface area contributed by atoms with Crippen LogP contribution in [-0.4, -0.2) is 10.2 Å². The van der Waals surface area contributed by atoms with Gasteiger partial charge in [0.15, 0.2) is 0 Å². The van der Waals surface area contributed by atoms with Crippen molar-refractivity contribution in [2.45, 2.75) is 58.9 Å². The molecule has 0 fully saturated rings. The molecule has 0 saturated heterocycles. The van der Waals surface area contributed by atoms with Crippen LogP contribution in [0.1, 0.15) is 53.4 Å². The molecule has 0 spiro atoms. The van der Waals surface area contributed by atoms with Crippen LogP contribution < -0.4 is 0 Å². The molecule has 1 aliphatic carbocycles. The molecule has 0 aliphatic heterocycles. The minimum absolute atomic E-state index is 0.870. The molecular formula is C13H24Si. The third-order valence-electron chi connectivity index (χ3n) is 3.65. The molecule has 0 aromatic heterocycles. The van der Waals surface area contributed by atoms with Gasteiger partial charge in [0.25, 0.3) is 0 Å². The standard InChI is InChI=1S/C13H24Si/c1-5-9-10(6-2)12(8-4)13(14)11(9)7-3/h13H,5-8H2,1-4,14H3. The van der Waals surface area contributed by atoms with Crippen molar-refractivity contribution in [1.82, 2.24) is 0 Å². The first-order chi connectivity index (χ1) is 6.71. The molecule has 0 saturated carbocycles.